The van der Waals surface area contributed by atoms with Crippen LogP contribution in [0.25, 0.3) is 10.8 Å². The third kappa shape index (κ3) is 5.81. The number of nitrogens with zero attached hydrogens (tertiary/aromatic N) is 1. The van der Waals surface area contributed by atoms with E-state index >= 15 is 0 Å². The number of hydrogen-bond donors (Lipinski definition) is 2. The average Bonchev–Trinajstić information content (AvgIpc) is 2.92. The second-order valence-electron chi connectivity index (χ2n) is 8.27. The number of anilines is 1. The Balaban J connectivity index is 2.22. The lowest BCUT2D eigenvalue weighted by atomic mass is 9.97. The number of carbonyl (C=O) groups excluding carboxylic acids is 1. The smallest absolute Gasteiger partial charge is 0.220 e. The molecule has 0 radical (unpaired) electrons. The first-order chi connectivity index (χ1) is 17.8. The lowest BCUT2D eigenvalue weighted by molar-refractivity contribution is 0.108. The van der Waals surface area contributed by atoms with Crippen LogP contribution in [0, 0.1) is 4.91 Å². The first-order valence-electron chi connectivity index (χ1n) is 11.3. The molecule has 3 rings (SSSR count). The highest BCUT2D eigenvalue weighted by molar-refractivity contribution is 8.14. The van der Waals surface area contributed by atoms with Gasteiger partial charge < -0.3 is 18.9 Å². The van der Waals surface area contributed by atoms with Gasteiger partial charge in [-0.05, 0) is 61.8 Å². The van der Waals surface area contributed by atoms with Crippen LogP contribution in [0.3, 0.4) is 0 Å². The number of allylic oxidation sites excluding steroid dienone is 2. The standard InChI is InChI=1S/C27H30N2O7S/c1-15(2)7-12-23(37-27(30)16-8-11-20(33-3)21(13-16)34-4)17-14-22(35-5)24-18(28-31)9-10-19(29-32)25(24)26(17)36-6/h7-11,13-14,23,28,31H,12H2,1-6H3/t23-/m0/s1. The zero-order valence-electron chi connectivity index (χ0n) is 21.6. The van der Waals surface area contributed by atoms with Crippen LogP contribution in [0.1, 0.15) is 41.4 Å². The largest absolute Gasteiger partial charge is 0.496 e. The van der Waals surface area contributed by atoms with Gasteiger partial charge >= 0.3 is 0 Å². The molecule has 3 aromatic carbocycles. The summed E-state index contributed by atoms with van der Waals surface area (Å²) in [6.07, 6.45) is 2.53. The van der Waals surface area contributed by atoms with E-state index in [2.05, 4.69) is 10.7 Å². The summed E-state index contributed by atoms with van der Waals surface area (Å²) < 4.78 is 22.1. The fraction of sp³-hybridized carbons (Fsp3) is 0.296. The van der Waals surface area contributed by atoms with Gasteiger partial charge in [-0.1, -0.05) is 23.4 Å². The predicted octanol–water partition coefficient (Wildman–Crippen LogP) is 7.04. The van der Waals surface area contributed by atoms with Crippen LogP contribution >= 0.6 is 11.8 Å². The highest BCUT2D eigenvalue weighted by atomic mass is 32.2. The zero-order valence-corrected chi connectivity index (χ0v) is 22.4. The first-order valence-corrected chi connectivity index (χ1v) is 12.2. The molecule has 0 unspecified atom stereocenters. The number of nitroso groups, excluding NO2 is 1. The van der Waals surface area contributed by atoms with E-state index in [0.29, 0.717) is 57.0 Å². The molecule has 0 aliphatic heterocycles. The molecule has 37 heavy (non-hydrogen) atoms. The highest BCUT2D eigenvalue weighted by Crippen LogP contribution is 2.50. The minimum Gasteiger partial charge on any atom is -0.496 e. The van der Waals surface area contributed by atoms with Gasteiger partial charge in [-0.15, -0.1) is 4.91 Å². The molecule has 0 aliphatic carbocycles. The van der Waals surface area contributed by atoms with E-state index in [0.717, 1.165) is 17.3 Å². The maximum atomic E-state index is 13.4. The van der Waals surface area contributed by atoms with Gasteiger partial charge in [0, 0.05) is 16.4 Å². The Morgan fingerprint density at radius 2 is 1.68 bits per heavy atom. The maximum absolute atomic E-state index is 13.4. The van der Waals surface area contributed by atoms with Crippen LogP contribution in [0.2, 0.25) is 0 Å². The predicted molar refractivity (Wildman–Crippen MR) is 146 cm³/mol. The molecule has 0 saturated heterocycles. The Labute approximate surface area is 219 Å². The lowest BCUT2D eigenvalue weighted by Crippen LogP contribution is -2.05. The van der Waals surface area contributed by atoms with Crippen LogP contribution < -0.4 is 24.4 Å². The van der Waals surface area contributed by atoms with Crippen LogP contribution in [0.15, 0.2) is 53.2 Å². The molecule has 0 spiro atoms. The molecule has 0 saturated carbocycles. The van der Waals surface area contributed by atoms with Crippen molar-refractivity contribution in [3.63, 3.8) is 0 Å². The van der Waals surface area contributed by atoms with Crippen molar-refractivity contribution in [3.8, 4) is 23.0 Å². The molecule has 9 nitrogen and oxygen atoms in total. The van der Waals surface area contributed by atoms with E-state index in [9.17, 15) is 14.9 Å². The molecule has 0 aromatic heterocycles. The number of ether oxygens (including phenoxy) is 4. The van der Waals surface area contributed by atoms with Crippen molar-refractivity contribution in [1.29, 1.82) is 0 Å². The maximum Gasteiger partial charge on any atom is 0.220 e. The Bertz CT molecular complexity index is 1340. The van der Waals surface area contributed by atoms with Gasteiger partial charge in [-0.3, -0.25) is 15.5 Å². The molecule has 0 heterocycles. The lowest BCUT2D eigenvalue weighted by Gasteiger charge is -2.22. The SMILES string of the molecule is COc1ccc(C(=O)S[C@@H](CC=C(C)C)c2cc(OC)c3c(NO)ccc(N=O)c3c2OC)cc1OC. The number of rotatable bonds is 11. The molecular formula is C27H30N2O7S. The van der Waals surface area contributed by atoms with Gasteiger partial charge in [0.1, 0.15) is 17.2 Å². The molecule has 0 aliphatic rings. The number of nitrogens with one attached hydrogen (secondary N) is 1. The summed E-state index contributed by atoms with van der Waals surface area (Å²) in [5.41, 5.74) is 4.74. The van der Waals surface area contributed by atoms with Gasteiger partial charge in [0.05, 0.1) is 44.9 Å². The van der Waals surface area contributed by atoms with Crippen molar-refractivity contribution in [1.82, 2.24) is 0 Å². The van der Waals surface area contributed by atoms with Gasteiger partial charge in [0.15, 0.2) is 11.5 Å². The monoisotopic (exact) mass is 526 g/mol. The molecule has 0 fully saturated rings. The number of hydrogen-bond acceptors (Lipinski definition) is 10. The average molecular weight is 527 g/mol. The summed E-state index contributed by atoms with van der Waals surface area (Å²) >= 11 is 1.12. The zero-order chi connectivity index (χ0) is 27.1. The minimum absolute atomic E-state index is 0.114. The molecule has 2 N–H and O–H groups in total. The second-order valence-corrected chi connectivity index (χ2v) is 9.44. The van der Waals surface area contributed by atoms with Crippen LogP contribution in [-0.4, -0.2) is 38.8 Å². The van der Waals surface area contributed by atoms with Crippen LogP contribution in [0.4, 0.5) is 11.4 Å². The van der Waals surface area contributed by atoms with Crippen molar-refractivity contribution < 1.29 is 28.9 Å². The van der Waals surface area contributed by atoms with Crippen LogP contribution in [-0.2, 0) is 0 Å². The number of carbonyl (C=O) groups is 1. The molecule has 3 aromatic rings. The Hall–Kier alpha value is -3.76. The van der Waals surface area contributed by atoms with E-state index in [-0.39, 0.29) is 10.8 Å². The van der Waals surface area contributed by atoms with Gasteiger partial charge in [0.25, 0.3) is 0 Å². The van der Waals surface area contributed by atoms with E-state index < -0.39 is 5.25 Å². The first kappa shape index (κ1) is 27.8. The van der Waals surface area contributed by atoms with Crippen molar-refractivity contribution in [2.45, 2.75) is 25.5 Å². The molecule has 1 atom stereocenters. The van der Waals surface area contributed by atoms with Crippen LogP contribution in [0.5, 0.6) is 23.0 Å². The Morgan fingerprint density at radius 3 is 2.24 bits per heavy atom. The van der Waals surface area contributed by atoms with E-state index in [1.54, 1.807) is 24.3 Å². The van der Waals surface area contributed by atoms with Crippen molar-refractivity contribution in [2.75, 3.05) is 33.9 Å². The number of benzene rings is 3. The minimum atomic E-state index is -0.408. The van der Waals surface area contributed by atoms with E-state index in [4.69, 9.17) is 18.9 Å². The third-order valence-electron chi connectivity index (χ3n) is 5.80. The summed E-state index contributed by atoms with van der Waals surface area (Å²) in [7, 11) is 6.01. The molecule has 10 heteroatoms. The van der Waals surface area contributed by atoms with Crippen molar-refractivity contribution in [3.05, 3.63) is 64.1 Å². The summed E-state index contributed by atoms with van der Waals surface area (Å²) in [5.74, 6) is 1.72. The topological polar surface area (TPSA) is 116 Å². The number of methoxy groups -OCH3 is 4. The number of thioether (sulfide) groups is 1. The quantitative estimate of drug-likeness (QED) is 0.154. The van der Waals surface area contributed by atoms with E-state index in [1.165, 1.54) is 40.6 Å². The van der Waals surface area contributed by atoms with Crippen molar-refractivity contribution >= 4 is 39.0 Å². The molecule has 0 amide bonds. The molecular weight excluding hydrogens is 496 g/mol. The molecule has 0 bridgehead atoms. The van der Waals surface area contributed by atoms with Crippen molar-refractivity contribution in [2.24, 2.45) is 5.18 Å². The Kier molecular flexibility index (Phi) is 9.37. The third-order valence-corrected chi connectivity index (χ3v) is 6.98. The van der Waals surface area contributed by atoms with Gasteiger partial charge in [-0.2, -0.15) is 0 Å². The summed E-state index contributed by atoms with van der Waals surface area (Å²) in [4.78, 5) is 25.2. The normalized spacial score (nSPS) is 11.4. The second kappa shape index (κ2) is 12.5. The molecule has 196 valence electrons. The van der Waals surface area contributed by atoms with Gasteiger partial charge in [0.2, 0.25) is 5.12 Å². The van der Waals surface area contributed by atoms with Gasteiger partial charge in [-0.25, -0.2) is 0 Å². The highest BCUT2D eigenvalue weighted by Gasteiger charge is 2.27. The van der Waals surface area contributed by atoms with E-state index in [1.807, 2.05) is 19.9 Å². The fourth-order valence-electron chi connectivity index (χ4n) is 4.03. The number of fused-ring (bicyclic) bond motifs is 1. The summed E-state index contributed by atoms with van der Waals surface area (Å²) in [5, 5.41) is 13.1. The Morgan fingerprint density at radius 1 is 0.973 bits per heavy atom. The fourth-order valence-corrected chi connectivity index (χ4v) is 5.05. The summed E-state index contributed by atoms with van der Waals surface area (Å²) in [6.45, 7) is 3.95. The summed E-state index contributed by atoms with van der Waals surface area (Å²) in [6, 6.07) is 9.76.